The maximum absolute atomic E-state index is 12.5. The molecule has 3 nitrogen and oxygen atoms in total. The number of hydrogen-bond acceptors (Lipinski definition) is 3. The predicted molar refractivity (Wildman–Crippen MR) is 91.9 cm³/mol. The molecular weight excluding hydrogens is 300 g/mol. The molecule has 0 aliphatic carbocycles. The molecule has 5 heteroatoms. The number of thiophene rings is 1. The van der Waals surface area contributed by atoms with Crippen molar-refractivity contribution in [3.05, 3.63) is 57.8 Å². The number of thiocarbonyl (C=S) groups is 1. The fraction of sp³-hybridized carbons (Fsp3) is 0.250. The molecule has 1 aromatic carbocycles. The average Bonchev–Trinajstić information content (AvgIpc) is 2.98. The van der Waals surface area contributed by atoms with Crippen LogP contribution < -0.4 is 5.73 Å². The Kier molecular flexibility index (Phi) is 5.09. The maximum atomic E-state index is 12.5. The van der Waals surface area contributed by atoms with E-state index in [0.717, 1.165) is 12.0 Å². The Morgan fingerprint density at radius 3 is 2.67 bits per heavy atom. The van der Waals surface area contributed by atoms with Crippen LogP contribution in [0.1, 0.15) is 27.7 Å². The predicted octanol–water partition coefficient (Wildman–Crippen LogP) is 3.09. The number of carbonyl (C=O) groups excluding carboxylic acids is 1. The second-order valence-corrected chi connectivity index (χ2v) is 6.47. The van der Waals surface area contributed by atoms with Crippen LogP contribution in [-0.2, 0) is 6.42 Å². The largest absolute Gasteiger partial charge is 0.389 e. The van der Waals surface area contributed by atoms with Crippen LogP contribution in [0.4, 0.5) is 0 Å². The third-order valence-electron chi connectivity index (χ3n) is 3.45. The Morgan fingerprint density at radius 2 is 2.05 bits per heavy atom. The van der Waals surface area contributed by atoms with Crippen molar-refractivity contribution in [2.24, 2.45) is 5.73 Å². The van der Waals surface area contributed by atoms with Crippen molar-refractivity contribution in [2.45, 2.75) is 19.4 Å². The zero-order valence-electron chi connectivity index (χ0n) is 12.1. The van der Waals surface area contributed by atoms with E-state index in [2.05, 4.69) is 18.4 Å². The fourth-order valence-corrected chi connectivity index (χ4v) is 3.02. The van der Waals surface area contributed by atoms with Crippen molar-refractivity contribution in [3.63, 3.8) is 0 Å². The van der Waals surface area contributed by atoms with Gasteiger partial charge in [-0.05, 0) is 30.5 Å². The van der Waals surface area contributed by atoms with E-state index in [1.165, 1.54) is 4.88 Å². The van der Waals surface area contributed by atoms with Gasteiger partial charge < -0.3 is 10.6 Å². The van der Waals surface area contributed by atoms with Gasteiger partial charge in [0.05, 0.1) is 0 Å². The van der Waals surface area contributed by atoms with Gasteiger partial charge in [-0.1, -0.05) is 30.4 Å². The molecule has 0 saturated carbocycles. The lowest BCUT2D eigenvalue weighted by molar-refractivity contribution is 0.0744. The van der Waals surface area contributed by atoms with Gasteiger partial charge in [0.1, 0.15) is 4.99 Å². The van der Waals surface area contributed by atoms with Gasteiger partial charge in [0.25, 0.3) is 5.91 Å². The second-order valence-electron chi connectivity index (χ2n) is 4.99. The lowest BCUT2D eigenvalue weighted by Crippen LogP contribution is -2.36. The van der Waals surface area contributed by atoms with Crippen LogP contribution in [-0.4, -0.2) is 28.9 Å². The summed E-state index contributed by atoms with van der Waals surface area (Å²) in [5, 5.41) is 2.05. The van der Waals surface area contributed by atoms with Crippen LogP contribution >= 0.6 is 23.6 Å². The van der Waals surface area contributed by atoms with Crippen molar-refractivity contribution < 1.29 is 4.79 Å². The Hall–Kier alpha value is -1.72. The zero-order valence-corrected chi connectivity index (χ0v) is 13.7. The van der Waals surface area contributed by atoms with E-state index in [9.17, 15) is 4.79 Å². The van der Waals surface area contributed by atoms with Crippen molar-refractivity contribution in [1.29, 1.82) is 0 Å². The fourth-order valence-electron chi connectivity index (χ4n) is 2.07. The highest BCUT2D eigenvalue weighted by Gasteiger charge is 2.18. The number of likely N-dealkylation sites (N-methyl/N-ethyl adjacent to an activating group) is 1. The SMILES string of the molecule is CC(Cc1cccs1)N(C)C(=O)c1cccc(C(N)=S)c1. The second kappa shape index (κ2) is 6.83. The quantitative estimate of drug-likeness (QED) is 0.862. The van der Waals surface area contributed by atoms with Gasteiger partial charge in [-0.15, -0.1) is 11.3 Å². The van der Waals surface area contributed by atoms with Crippen LogP contribution in [0.25, 0.3) is 0 Å². The van der Waals surface area contributed by atoms with Crippen molar-refractivity contribution in [1.82, 2.24) is 4.90 Å². The highest BCUT2D eigenvalue weighted by atomic mass is 32.1. The molecule has 1 unspecified atom stereocenters. The highest BCUT2D eigenvalue weighted by molar-refractivity contribution is 7.80. The molecule has 1 amide bonds. The number of carbonyl (C=O) groups is 1. The Labute approximate surface area is 134 Å². The molecule has 2 rings (SSSR count). The van der Waals surface area contributed by atoms with Gasteiger partial charge in [0, 0.05) is 35.5 Å². The summed E-state index contributed by atoms with van der Waals surface area (Å²) < 4.78 is 0. The summed E-state index contributed by atoms with van der Waals surface area (Å²) in [5.41, 5.74) is 6.95. The summed E-state index contributed by atoms with van der Waals surface area (Å²) in [5.74, 6) is -0.0165. The molecule has 1 aromatic heterocycles. The number of benzene rings is 1. The number of nitrogens with zero attached hydrogens (tertiary/aromatic N) is 1. The van der Waals surface area contributed by atoms with Crippen LogP contribution in [0.3, 0.4) is 0 Å². The molecule has 0 spiro atoms. The molecule has 21 heavy (non-hydrogen) atoms. The topological polar surface area (TPSA) is 46.3 Å². The summed E-state index contributed by atoms with van der Waals surface area (Å²) in [7, 11) is 1.83. The van der Waals surface area contributed by atoms with E-state index in [0.29, 0.717) is 10.6 Å². The molecule has 0 bridgehead atoms. The molecule has 1 atom stereocenters. The Morgan fingerprint density at radius 1 is 1.33 bits per heavy atom. The standard InChI is InChI=1S/C16H18N2OS2/c1-11(9-14-7-4-8-21-14)18(2)16(19)13-6-3-5-12(10-13)15(17)20/h3-8,10-11H,9H2,1-2H3,(H2,17,20). The number of amides is 1. The van der Waals surface area contributed by atoms with E-state index >= 15 is 0 Å². The number of hydrogen-bond donors (Lipinski definition) is 1. The molecule has 0 aliphatic heterocycles. The summed E-state index contributed by atoms with van der Waals surface area (Å²) in [4.78, 5) is 15.9. The van der Waals surface area contributed by atoms with Crippen LogP contribution in [0.15, 0.2) is 41.8 Å². The third-order valence-corrected chi connectivity index (χ3v) is 4.59. The minimum atomic E-state index is -0.0165. The molecule has 110 valence electrons. The first-order valence-electron chi connectivity index (χ1n) is 6.68. The van der Waals surface area contributed by atoms with Crippen molar-refractivity contribution in [3.8, 4) is 0 Å². The van der Waals surface area contributed by atoms with Crippen molar-refractivity contribution in [2.75, 3.05) is 7.05 Å². The number of rotatable bonds is 5. The minimum Gasteiger partial charge on any atom is -0.389 e. The smallest absolute Gasteiger partial charge is 0.253 e. The summed E-state index contributed by atoms with van der Waals surface area (Å²) in [6, 6.07) is 11.4. The van der Waals surface area contributed by atoms with Gasteiger partial charge in [-0.3, -0.25) is 4.79 Å². The van der Waals surface area contributed by atoms with Crippen LogP contribution in [0, 0.1) is 0 Å². The van der Waals surface area contributed by atoms with E-state index in [1.807, 2.05) is 19.2 Å². The Balaban J connectivity index is 2.11. The molecule has 1 heterocycles. The molecular formula is C16H18N2OS2. The molecule has 0 radical (unpaired) electrons. The average molecular weight is 318 g/mol. The maximum Gasteiger partial charge on any atom is 0.253 e. The lowest BCUT2D eigenvalue weighted by atomic mass is 10.1. The monoisotopic (exact) mass is 318 g/mol. The van der Waals surface area contributed by atoms with Gasteiger partial charge >= 0.3 is 0 Å². The van der Waals surface area contributed by atoms with Gasteiger partial charge in [-0.25, -0.2) is 0 Å². The number of nitrogens with two attached hydrogens (primary N) is 1. The van der Waals surface area contributed by atoms with Gasteiger partial charge in [0.15, 0.2) is 0 Å². The normalized spacial score (nSPS) is 11.9. The Bertz CT molecular complexity index is 637. The first-order chi connectivity index (χ1) is 9.99. The van der Waals surface area contributed by atoms with Crippen molar-refractivity contribution >= 4 is 34.5 Å². The van der Waals surface area contributed by atoms with E-state index in [-0.39, 0.29) is 11.9 Å². The lowest BCUT2D eigenvalue weighted by Gasteiger charge is -2.25. The first-order valence-corrected chi connectivity index (χ1v) is 7.97. The van der Waals surface area contributed by atoms with Crippen LogP contribution in [0.2, 0.25) is 0 Å². The molecule has 0 saturated heterocycles. The first kappa shape index (κ1) is 15.7. The molecule has 0 aliphatic rings. The third kappa shape index (κ3) is 3.89. The van der Waals surface area contributed by atoms with Gasteiger partial charge in [0.2, 0.25) is 0 Å². The molecule has 0 fully saturated rings. The summed E-state index contributed by atoms with van der Waals surface area (Å²) >= 11 is 6.67. The van der Waals surface area contributed by atoms with Crippen LogP contribution in [0.5, 0.6) is 0 Å². The minimum absolute atomic E-state index is 0.0165. The summed E-state index contributed by atoms with van der Waals surface area (Å²) in [6.45, 7) is 2.05. The molecule has 2 N–H and O–H groups in total. The van der Waals surface area contributed by atoms with E-state index < -0.39 is 0 Å². The highest BCUT2D eigenvalue weighted by Crippen LogP contribution is 2.16. The van der Waals surface area contributed by atoms with E-state index in [1.54, 1.807) is 34.4 Å². The summed E-state index contributed by atoms with van der Waals surface area (Å²) in [6.07, 6.45) is 0.856. The zero-order chi connectivity index (χ0) is 15.4. The molecule has 2 aromatic rings. The van der Waals surface area contributed by atoms with E-state index in [4.69, 9.17) is 18.0 Å². The van der Waals surface area contributed by atoms with Gasteiger partial charge in [-0.2, -0.15) is 0 Å².